The Hall–Kier alpha value is -2.04. The van der Waals surface area contributed by atoms with E-state index in [4.69, 9.17) is 0 Å². The van der Waals surface area contributed by atoms with E-state index in [2.05, 4.69) is 27.5 Å². The first-order chi connectivity index (χ1) is 13.3. The summed E-state index contributed by atoms with van der Waals surface area (Å²) in [5, 5.41) is 5.66. The quantitative estimate of drug-likeness (QED) is 0.336. The number of unbranched alkanes of at least 4 members (excludes halogenated alkanes) is 11. The highest BCUT2D eigenvalue weighted by Gasteiger charge is 2.05. The molecule has 0 unspecified atom stereocenters. The Kier molecular flexibility index (Phi) is 10.4. The van der Waals surface area contributed by atoms with E-state index in [0.29, 0.717) is 12.5 Å². The molecule has 0 aliphatic rings. The average molecular weight is 373 g/mol. The van der Waals surface area contributed by atoms with Crippen molar-refractivity contribution >= 4 is 23.0 Å². The zero-order chi connectivity index (χ0) is 19.2. The van der Waals surface area contributed by atoms with Crippen molar-refractivity contribution in [2.45, 2.75) is 84.0 Å². The molecule has 0 saturated heterocycles. The van der Waals surface area contributed by atoms with Gasteiger partial charge in [-0.25, -0.2) is 9.78 Å². The molecule has 1 aromatic carbocycles. The predicted octanol–water partition coefficient (Wildman–Crippen LogP) is 6.39. The number of carbonyl (C=O) groups excluding carboxylic acids is 1. The summed E-state index contributed by atoms with van der Waals surface area (Å²) in [5.41, 5.74) is 1.78. The summed E-state index contributed by atoms with van der Waals surface area (Å²) in [6.07, 6.45) is 15.9. The van der Waals surface area contributed by atoms with Crippen molar-refractivity contribution in [3.63, 3.8) is 0 Å². The number of nitrogens with zero attached hydrogens (tertiary/aromatic N) is 1. The number of H-pyrrole nitrogens is 1. The molecule has 2 rings (SSSR count). The Morgan fingerprint density at radius 2 is 1.48 bits per heavy atom. The van der Waals surface area contributed by atoms with Gasteiger partial charge in [0.2, 0.25) is 5.95 Å². The first-order valence-corrected chi connectivity index (χ1v) is 10.8. The second-order valence-corrected chi connectivity index (χ2v) is 7.37. The number of benzene rings is 1. The van der Waals surface area contributed by atoms with Crippen LogP contribution in [0, 0.1) is 0 Å². The van der Waals surface area contributed by atoms with E-state index in [1.165, 1.54) is 70.6 Å². The van der Waals surface area contributed by atoms with Crippen molar-refractivity contribution in [3.8, 4) is 0 Å². The van der Waals surface area contributed by atoms with Crippen LogP contribution in [0.1, 0.15) is 84.0 Å². The van der Waals surface area contributed by atoms with Crippen LogP contribution in [0.2, 0.25) is 0 Å². The van der Waals surface area contributed by atoms with Gasteiger partial charge < -0.3 is 10.3 Å². The van der Waals surface area contributed by atoms with Gasteiger partial charge in [-0.2, -0.15) is 0 Å². The molecule has 2 amide bonds. The lowest BCUT2D eigenvalue weighted by molar-refractivity contribution is 0.251. The van der Waals surface area contributed by atoms with Crippen LogP contribution in [0.15, 0.2) is 24.3 Å². The van der Waals surface area contributed by atoms with Gasteiger partial charge in [0, 0.05) is 6.54 Å². The summed E-state index contributed by atoms with van der Waals surface area (Å²) in [6, 6.07) is 7.54. The SMILES string of the molecule is CCCCCCCCCCCCCCNC(=O)Nc1nc2ccccc2[nH]1. The van der Waals surface area contributed by atoms with E-state index in [0.717, 1.165) is 17.5 Å². The van der Waals surface area contributed by atoms with Crippen LogP contribution < -0.4 is 10.6 Å². The van der Waals surface area contributed by atoms with E-state index in [9.17, 15) is 4.79 Å². The molecule has 2 aromatic rings. The highest BCUT2D eigenvalue weighted by atomic mass is 16.2. The molecule has 0 aliphatic carbocycles. The zero-order valence-electron chi connectivity index (χ0n) is 16.9. The number of imidazole rings is 1. The first kappa shape index (κ1) is 21.3. The fourth-order valence-electron chi connectivity index (χ4n) is 3.33. The third-order valence-electron chi connectivity index (χ3n) is 4.94. The summed E-state index contributed by atoms with van der Waals surface area (Å²) < 4.78 is 0. The second kappa shape index (κ2) is 13.2. The summed E-state index contributed by atoms with van der Waals surface area (Å²) >= 11 is 0. The molecule has 0 bridgehead atoms. The molecule has 0 aliphatic heterocycles. The fraction of sp³-hybridized carbons (Fsp3) is 0.636. The van der Waals surface area contributed by atoms with E-state index in [1.807, 2.05) is 24.3 Å². The van der Waals surface area contributed by atoms with Crippen LogP contribution in [0.4, 0.5) is 10.7 Å². The molecular weight excluding hydrogens is 336 g/mol. The number of carbonyl (C=O) groups is 1. The van der Waals surface area contributed by atoms with Gasteiger partial charge in [-0.05, 0) is 18.6 Å². The molecule has 150 valence electrons. The summed E-state index contributed by atoms with van der Waals surface area (Å²) in [5.74, 6) is 0.489. The predicted molar refractivity (Wildman–Crippen MR) is 114 cm³/mol. The highest BCUT2D eigenvalue weighted by molar-refractivity contribution is 5.89. The van der Waals surface area contributed by atoms with Gasteiger partial charge in [-0.15, -0.1) is 0 Å². The fourth-order valence-corrected chi connectivity index (χ4v) is 3.33. The van der Waals surface area contributed by atoms with Crippen LogP contribution in [0.5, 0.6) is 0 Å². The van der Waals surface area contributed by atoms with Crippen molar-refractivity contribution in [1.82, 2.24) is 15.3 Å². The molecule has 5 heteroatoms. The molecule has 1 heterocycles. The molecule has 5 nitrogen and oxygen atoms in total. The van der Waals surface area contributed by atoms with E-state index < -0.39 is 0 Å². The summed E-state index contributed by atoms with van der Waals surface area (Å²) in [7, 11) is 0. The van der Waals surface area contributed by atoms with Crippen molar-refractivity contribution in [2.75, 3.05) is 11.9 Å². The molecule has 27 heavy (non-hydrogen) atoms. The van der Waals surface area contributed by atoms with Crippen molar-refractivity contribution < 1.29 is 4.79 Å². The van der Waals surface area contributed by atoms with Gasteiger partial charge in [-0.3, -0.25) is 5.32 Å². The number of aromatic nitrogens is 2. The van der Waals surface area contributed by atoms with Gasteiger partial charge in [-0.1, -0.05) is 89.7 Å². The van der Waals surface area contributed by atoms with Crippen LogP contribution in [0.3, 0.4) is 0 Å². The third-order valence-corrected chi connectivity index (χ3v) is 4.94. The lowest BCUT2D eigenvalue weighted by Crippen LogP contribution is -2.29. The maximum absolute atomic E-state index is 11.9. The van der Waals surface area contributed by atoms with Crippen LogP contribution >= 0.6 is 0 Å². The minimum atomic E-state index is -0.197. The Labute approximate surface area is 163 Å². The number of rotatable bonds is 14. The Morgan fingerprint density at radius 3 is 2.11 bits per heavy atom. The molecule has 0 spiro atoms. The Bertz CT molecular complexity index is 620. The minimum absolute atomic E-state index is 0.197. The van der Waals surface area contributed by atoms with E-state index >= 15 is 0 Å². The molecule has 1 aromatic heterocycles. The molecule has 0 radical (unpaired) electrons. The molecule has 0 atom stereocenters. The monoisotopic (exact) mass is 372 g/mol. The molecular formula is C22H36N4O. The number of fused-ring (bicyclic) bond motifs is 1. The normalized spacial score (nSPS) is 11.0. The van der Waals surface area contributed by atoms with Crippen LogP contribution in [-0.2, 0) is 0 Å². The lowest BCUT2D eigenvalue weighted by atomic mass is 10.1. The maximum atomic E-state index is 11.9. The van der Waals surface area contributed by atoms with Gasteiger partial charge in [0.25, 0.3) is 0 Å². The van der Waals surface area contributed by atoms with Crippen LogP contribution in [-0.4, -0.2) is 22.5 Å². The maximum Gasteiger partial charge on any atom is 0.321 e. The largest absolute Gasteiger partial charge is 0.338 e. The number of para-hydroxylation sites is 2. The van der Waals surface area contributed by atoms with Gasteiger partial charge in [0.1, 0.15) is 0 Å². The van der Waals surface area contributed by atoms with Crippen molar-refractivity contribution in [2.24, 2.45) is 0 Å². The van der Waals surface area contributed by atoms with E-state index in [-0.39, 0.29) is 6.03 Å². The Morgan fingerprint density at radius 1 is 0.889 bits per heavy atom. The number of hydrogen-bond donors (Lipinski definition) is 3. The Balaban J connectivity index is 1.41. The smallest absolute Gasteiger partial charge is 0.321 e. The van der Waals surface area contributed by atoms with Gasteiger partial charge >= 0.3 is 6.03 Å². The number of amides is 2. The summed E-state index contributed by atoms with van der Waals surface area (Å²) in [4.78, 5) is 19.3. The van der Waals surface area contributed by atoms with Gasteiger partial charge in [0.05, 0.1) is 11.0 Å². The number of nitrogens with one attached hydrogen (secondary N) is 3. The first-order valence-electron chi connectivity index (χ1n) is 10.8. The minimum Gasteiger partial charge on any atom is -0.338 e. The standard InChI is InChI=1S/C22H36N4O/c1-2-3-4-5-6-7-8-9-10-11-12-15-18-23-22(27)26-21-24-19-16-13-14-17-20(19)25-21/h13-14,16-17H,2-12,15,18H2,1H3,(H3,23,24,25,26,27). The lowest BCUT2D eigenvalue weighted by Gasteiger charge is -2.05. The summed E-state index contributed by atoms with van der Waals surface area (Å²) in [6.45, 7) is 2.98. The number of hydrogen-bond acceptors (Lipinski definition) is 2. The molecule has 3 N–H and O–H groups in total. The average Bonchev–Trinajstić information content (AvgIpc) is 3.07. The number of urea groups is 1. The highest BCUT2D eigenvalue weighted by Crippen LogP contribution is 2.13. The zero-order valence-corrected chi connectivity index (χ0v) is 16.9. The second-order valence-electron chi connectivity index (χ2n) is 7.37. The molecule has 0 saturated carbocycles. The van der Waals surface area contributed by atoms with E-state index in [1.54, 1.807) is 0 Å². The van der Waals surface area contributed by atoms with Crippen molar-refractivity contribution in [3.05, 3.63) is 24.3 Å². The number of aromatic amines is 1. The topological polar surface area (TPSA) is 69.8 Å². The van der Waals surface area contributed by atoms with Crippen LogP contribution in [0.25, 0.3) is 11.0 Å². The number of anilines is 1. The van der Waals surface area contributed by atoms with Crippen molar-refractivity contribution in [1.29, 1.82) is 0 Å². The molecule has 0 fully saturated rings. The van der Waals surface area contributed by atoms with Gasteiger partial charge in [0.15, 0.2) is 0 Å². The third kappa shape index (κ3) is 8.94.